The van der Waals surface area contributed by atoms with Gasteiger partial charge in [0.2, 0.25) is 0 Å². The quantitative estimate of drug-likeness (QED) is 0.199. The molecule has 1 radical (unpaired) electrons. The van der Waals surface area contributed by atoms with E-state index in [2.05, 4.69) is 114 Å². The molecule has 1 unspecified atom stereocenters. The number of benzene rings is 6. The molecule has 0 aromatic heterocycles. The molecule has 2 aliphatic heterocycles. The van der Waals surface area contributed by atoms with Gasteiger partial charge < -0.3 is 0 Å². The van der Waals surface area contributed by atoms with Crippen molar-refractivity contribution in [2.24, 2.45) is 0 Å². The number of methoxy groups -OCH3 is 1. The summed E-state index contributed by atoms with van der Waals surface area (Å²) in [4.78, 5) is 2.39. The van der Waals surface area contributed by atoms with Crippen molar-refractivity contribution in [1.29, 1.82) is 0 Å². The van der Waals surface area contributed by atoms with Crippen LogP contribution >= 0.6 is 0 Å². The van der Waals surface area contributed by atoms with E-state index in [9.17, 15) is 0 Å². The Labute approximate surface area is 253 Å². The van der Waals surface area contributed by atoms with Crippen molar-refractivity contribution in [3.8, 4) is 22.6 Å². The topological polar surface area (TPSA) is 21.7 Å². The van der Waals surface area contributed by atoms with E-state index in [1.54, 1.807) is 13.1 Å². The van der Waals surface area contributed by atoms with Crippen molar-refractivity contribution in [1.82, 2.24) is 0 Å². The van der Waals surface area contributed by atoms with Gasteiger partial charge in [0.15, 0.2) is 0 Å². The molecule has 205 valence electrons. The molecule has 2 heterocycles. The van der Waals surface area contributed by atoms with Crippen molar-refractivity contribution in [3.05, 3.63) is 155 Å². The third-order valence-corrected chi connectivity index (χ3v) is 9.04. The van der Waals surface area contributed by atoms with Crippen LogP contribution in [0.1, 0.15) is 27.8 Å². The van der Waals surface area contributed by atoms with E-state index in [-0.39, 0.29) is 0 Å². The van der Waals surface area contributed by atoms with Gasteiger partial charge in [-0.3, -0.25) is 0 Å². The maximum atomic E-state index is 6.86. The molecule has 4 heteroatoms. The van der Waals surface area contributed by atoms with Gasteiger partial charge in [0.1, 0.15) is 0 Å². The predicted octanol–water partition coefficient (Wildman–Crippen LogP) is 8.56. The summed E-state index contributed by atoms with van der Waals surface area (Å²) in [7, 11) is 7.96. The number of hydrogen-bond acceptors (Lipinski definition) is 3. The van der Waals surface area contributed by atoms with Gasteiger partial charge in [-0.1, -0.05) is 30.3 Å². The maximum absolute atomic E-state index is 6.86. The molecule has 0 bridgehead atoms. The standard InChI is InChI=1S/C39H29BNO2/c1-42-39(33-14-8-6-12-30(33)25-40)34-19-17-31(24-37(34)43-38-32-13-7-5-11-27(32)15-18-35(38)39)41-22-21-29-23-28(16-20-36(29)41)26-9-3-2-4-10-26/h2-20,23-25H,21-22H2,1H3. The van der Waals surface area contributed by atoms with Crippen LogP contribution in [0.25, 0.3) is 21.9 Å². The first-order valence-electron chi connectivity index (χ1n) is 14.7. The van der Waals surface area contributed by atoms with Gasteiger partial charge in [0, 0.05) is 0 Å². The summed E-state index contributed by atoms with van der Waals surface area (Å²) in [5.74, 6) is 3.25. The third-order valence-electron chi connectivity index (χ3n) is 9.04. The molecular formula is C39H29BNO2. The Hall–Kier alpha value is -4.93. The number of ether oxygens (including phenoxy) is 2. The van der Waals surface area contributed by atoms with E-state index in [1.165, 1.54) is 22.4 Å². The zero-order chi connectivity index (χ0) is 29.0. The summed E-state index contributed by atoms with van der Waals surface area (Å²) in [5.41, 5.74) is 9.08. The van der Waals surface area contributed by atoms with E-state index in [0.717, 1.165) is 63.2 Å². The van der Waals surface area contributed by atoms with E-state index >= 15 is 0 Å². The van der Waals surface area contributed by atoms with E-state index < -0.39 is 5.60 Å². The average Bonchev–Trinajstić information content (AvgIpc) is 3.51. The monoisotopic (exact) mass is 554 g/mol. The zero-order valence-corrected chi connectivity index (χ0v) is 24.0. The Kier molecular flexibility index (Phi) is 6.06. The van der Waals surface area contributed by atoms with Gasteiger partial charge >= 0.3 is 212 Å². The first kappa shape index (κ1) is 25.8. The van der Waals surface area contributed by atoms with Crippen molar-refractivity contribution in [2.45, 2.75) is 12.0 Å². The molecular weight excluding hydrogens is 525 g/mol. The summed E-state index contributed by atoms with van der Waals surface area (Å²) in [6.45, 7) is 0.909. The van der Waals surface area contributed by atoms with Gasteiger partial charge in [-0.2, -0.15) is 0 Å². The van der Waals surface area contributed by atoms with E-state index in [0.29, 0.717) is 0 Å². The van der Waals surface area contributed by atoms with Crippen LogP contribution in [0.2, 0.25) is 0 Å². The fourth-order valence-electron chi connectivity index (χ4n) is 7.00. The molecule has 0 N–H and O–H groups in total. The van der Waals surface area contributed by atoms with Crippen LogP contribution in [-0.4, -0.2) is 27.1 Å². The minimum absolute atomic E-state index is 0.782. The second-order valence-corrected chi connectivity index (χ2v) is 11.2. The molecule has 3 nitrogen and oxygen atoms in total. The molecule has 1 atom stereocenters. The van der Waals surface area contributed by atoms with E-state index in [4.69, 9.17) is 17.0 Å². The van der Waals surface area contributed by atoms with Crippen LogP contribution in [0.5, 0.6) is 11.5 Å². The van der Waals surface area contributed by atoms with Gasteiger partial charge in [-0.15, -0.1) is 0 Å². The molecule has 0 fully saturated rings. The summed E-state index contributed by atoms with van der Waals surface area (Å²) >= 11 is 0. The number of rotatable bonds is 5. The fourth-order valence-corrected chi connectivity index (χ4v) is 7.00. The molecule has 6 aromatic rings. The predicted molar refractivity (Wildman–Crippen MR) is 177 cm³/mol. The van der Waals surface area contributed by atoms with Crippen LogP contribution in [-0.2, 0) is 16.8 Å². The van der Waals surface area contributed by atoms with Gasteiger partial charge in [0.25, 0.3) is 0 Å². The molecule has 43 heavy (non-hydrogen) atoms. The van der Waals surface area contributed by atoms with Crippen LogP contribution in [0.4, 0.5) is 11.4 Å². The number of nitrogens with zero attached hydrogens (tertiary/aromatic N) is 1. The molecule has 0 saturated heterocycles. The molecule has 0 saturated carbocycles. The van der Waals surface area contributed by atoms with Gasteiger partial charge in [0.05, 0.1) is 0 Å². The minimum atomic E-state index is -0.911. The Morgan fingerprint density at radius 1 is 0.744 bits per heavy atom. The number of fused-ring (bicyclic) bond motifs is 5. The van der Waals surface area contributed by atoms with Crippen molar-refractivity contribution < 1.29 is 9.47 Å². The fraction of sp³-hybridized carbons (Fsp3) is 0.103. The van der Waals surface area contributed by atoms with E-state index in [1.807, 2.05) is 18.2 Å². The molecule has 2 aliphatic rings. The summed E-state index contributed by atoms with van der Waals surface area (Å²) in [5, 5.41) is 2.17. The Morgan fingerprint density at radius 2 is 1.53 bits per heavy atom. The summed E-state index contributed by atoms with van der Waals surface area (Å²) in [6.07, 6.45) is 0.989. The van der Waals surface area contributed by atoms with Crippen LogP contribution < -0.4 is 9.64 Å². The second-order valence-electron chi connectivity index (χ2n) is 11.2. The first-order chi connectivity index (χ1) is 21.2. The molecule has 0 amide bonds. The normalized spacial score (nSPS) is 16.7. The van der Waals surface area contributed by atoms with Crippen LogP contribution in [0, 0.1) is 0 Å². The molecule has 0 aliphatic carbocycles. The average molecular weight is 554 g/mol. The van der Waals surface area contributed by atoms with Gasteiger partial charge in [-0.25, -0.2) is 0 Å². The first-order valence-corrected chi connectivity index (χ1v) is 14.7. The van der Waals surface area contributed by atoms with Gasteiger partial charge in [-0.05, 0) is 11.1 Å². The second kappa shape index (κ2) is 10.1. The molecule has 6 aromatic carbocycles. The van der Waals surface area contributed by atoms with Crippen molar-refractivity contribution >= 4 is 35.6 Å². The SMILES string of the molecule is [B]=Cc1ccccc1C1(OC)c2ccc(N3CCc4cc(-c5ccccc5)ccc43)cc2Oc2c1ccc1ccccc21. The Bertz CT molecular complexity index is 2040. The van der Waals surface area contributed by atoms with Crippen LogP contribution in [0.15, 0.2) is 127 Å². The Morgan fingerprint density at radius 3 is 2.40 bits per heavy atom. The number of anilines is 2. The third kappa shape index (κ3) is 3.91. The summed E-state index contributed by atoms with van der Waals surface area (Å²) in [6, 6.07) is 44.7. The zero-order valence-electron chi connectivity index (χ0n) is 24.0. The molecule has 0 spiro atoms. The Balaban J connectivity index is 1.30. The molecule has 8 rings (SSSR count). The number of hydrogen-bond donors (Lipinski definition) is 0. The summed E-state index contributed by atoms with van der Waals surface area (Å²) < 4.78 is 13.5. The van der Waals surface area contributed by atoms with Crippen molar-refractivity contribution in [2.75, 3.05) is 18.6 Å². The van der Waals surface area contributed by atoms with Crippen LogP contribution in [0.3, 0.4) is 0 Å². The van der Waals surface area contributed by atoms with Crippen molar-refractivity contribution in [3.63, 3.8) is 0 Å².